The zero-order valence-electron chi connectivity index (χ0n) is 12.0. The molecule has 1 amide bonds. The number of hydrogen-bond donors (Lipinski definition) is 2. The predicted molar refractivity (Wildman–Crippen MR) is 93.7 cm³/mol. The van der Waals surface area contributed by atoms with Gasteiger partial charge in [-0.25, -0.2) is 4.39 Å². The van der Waals surface area contributed by atoms with Crippen LogP contribution in [0.15, 0.2) is 36.4 Å². The van der Waals surface area contributed by atoms with Crippen LogP contribution in [0.25, 0.3) is 0 Å². The van der Waals surface area contributed by atoms with Gasteiger partial charge in [-0.3, -0.25) is 4.79 Å². The fourth-order valence-electron chi connectivity index (χ4n) is 1.82. The molecule has 0 radical (unpaired) electrons. The summed E-state index contributed by atoms with van der Waals surface area (Å²) in [5.41, 5.74) is 6.72. The monoisotopic (exact) mass is 414 g/mol. The summed E-state index contributed by atoms with van der Waals surface area (Å²) in [6.07, 6.45) is 0.869. The summed E-state index contributed by atoms with van der Waals surface area (Å²) in [7, 11) is 0. The molecule has 0 aromatic heterocycles. The average Bonchev–Trinajstić information content (AvgIpc) is 2.48. The molecule has 0 unspecified atom stereocenters. The number of anilines is 2. The minimum atomic E-state index is -0.476. The highest BCUT2D eigenvalue weighted by Crippen LogP contribution is 2.24. The van der Waals surface area contributed by atoms with Crippen molar-refractivity contribution in [3.8, 4) is 5.75 Å². The summed E-state index contributed by atoms with van der Waals surface area (Å²) in [6.45, 7) is 2.55. The van der Waals surface area contributed by atoms with E-state index in [1.54, 1.807) is 18.2 Å². The molecule has 116 valence electrons. The van der Waals surface area contributed by atoms with Crippen molar-refractivity contribution in [1.82, 2.24) is 0 Å². The molecule has 0 aliphatic heterocycles. The van der Waals surface area contributed by atoms with Crippen LogP contribution in [0.2, 0.25) is 0 Å². The van der Waals surface area contributed by atoms with Crippen molar-refractivity contribution in [3.63, 3.8) is 0 Å². The topological polar surface area (TPSA) is 64.3 Å². The summed E-state index contributed by atoms with van der Waals surface area (Å²) in [5, 5.41) is 2.53. The van der Waals surface area contributed by atoms with Gasteiger partial charge < -0.3 is 15.8 Å². The number of halogens is 2. The van der Waals surface area contributed by atoms with Gasteiger partial charge in [0.2, 0.25) is 0 Å². The lowest BCUT2D eigenvalue weighted by molar-refractivity contribution is 0.102. The Hall–Kier alpha value is -1.83. The Balaban J connectivity index is 2.14. The Morgan fingerprint density at radius 1 is 1.32 bits per heavy atom. The van der Waals surface area contributed by atoms with Crippen LogP contribution in [-0.2, 0) is 0 Å². The predicted octanol–water partition coefficient (Wildman–Crippen LogP) is 4.05. The number of rotatable bonds is 5. The number of ether oxygens (including phenoxy) is 1. The maximum atomic E-state index is 13.7. The molecule has 4 nitrogen and oxygen atoms in total. The molecule has 6 heteroatoms. The van der Waals surface area contributed by atoms with Crippen molar-refractivity contribution in [2.45, 2.75) is 13.3 Å². The van der Waals surface area contributed by atoms with E-state index in [1.807, 2.05) is 29.5 Å². The van der Waals surface area contributed by atoms with Crippen molar-refractivity contribution in [2.24, 2.45) is 0 Å². The number of carbonyl (C=O) groups excluding carboxylic acids is 1. The Morgan fingerprint density at radius 2 is 2.09 bits per heavy atom. The zero-order valence-corrected chi connectivity index (χ0v) is 14.2. The molecule has 0 heterocycles. The highest BCUT2D eigenvalue weighted by atomic mass is 127. The van der Waals surface area contributed by atoms with E-state index in [-0.39, 0.29) is 5.69 Å². The number of nitrogens with two attached hydrogens (primary N) is 1. The van der Waals surface area contributed by atoms with E-state index in [4.69, 9.17) is 10.5 Å². The van der Waals surface area contributed by atoms with Crippen molar-refractivity contribution in [1.29, 1.82) is 0 Å². The first-order valence-corrected chi connectivity index (χ1v) is 7.88. The maximum Gasteiger partial charge on any atom is 0.255 e. The second-order valence-electron chi connectivity index (χ2n) is 4.68. The third kappa shape index (κ3) is 4.09. The highest BCUT2D eigenvalue weighted by Gasteiger charge is 2.11. The van der Waals surface area contributed by atoms with E-state index in [0.717, 1.165) is 9.99 Å². The van der Waals surface area contributed by atoms with Gasteiger partial charge in [-0.1, -0.05) is 6.92 Å². The molecule has 0 saturated carbocycles. The highest BCUT2D eigenvalue weighted by molar-refractivity contribution is 14.1. The van der Waals surface area contributed by atoms with E-state index in [1.165, 1.54) is 18.2 Å². The van der Waals surface area contributed by atoms with Crippen molar-refractivity contribution < 1.29 is 13.9 Å². The minimum absolute atomic E-state index is 0.135. The van der Waals surface area contributed by atoms with E-state index >= 15 is 0 Å². The Morgan fingerprint density at radius 3 is 2.73 bits per heavy atom. The molecule has 2 aromatic carbocycles. The molecular weight excluding hydrogens is 398 g/mol. The van der Waals surface area contributed by atoms with Crippen LogP contribution in [0.3, 0.4) is 0 Å². The third-order valence-corrected chi connectivity index (χ3v) is 3.58. The zero-order chi connectivity index (χ0) is 16.1. The van der Waals surface area contributed by atoms with Gasteiger partial charge in [-0.2, -0.15) is 0 Å². The van der Waals surface area contributed by atoms with E-state index < -0.39 is 11.7 Å². The second-order valence-corrected chi connectivity index (χ2v) is 5.92. The number of nitrogen functional groups attached to an aromatic ring is 1. The number of amides is 1. The summed E-state index contributed by atoms with van der Waals surface area (Å²) in [4.78, 5) is 12.2. The summed E-state index contributed by atoms with van der Waals surface area (Å²) in [6, 6.07) is 9.36. The molecule has 3 N–H and O–H groups in total. The standard InChI is InChI=1S/C16H16FIN2O2/c1-2-7-22-15-6-3-10(8-13(15)19)16(21)20-14-5-4-11(18)9-12(14)17/h3-6,8-9H,2,7,19H2,1H3,(H,20,21). The molecule has 2 aromatic rings. The SMILES string of the molecule is CCCOc1ccc(C(=O)Nc2ccc(I)cc2F)cc1N. The van der Waals surface area contributed by atoms with Gasteiger partial charge in [0.15, 0.2) is 0 Å². The first kappa shape index (κ1) is 16.5. The second kappa shape index (κ2) is 7.44. The first-order valence-electron chi connectivity index (χ1n) is 6.80. The smallest absolute Gasteiger partial charge is 0.255 e. The fraction of sp³-hybridized carbons (Fsp3) is 0.188. The lowest BCUT2D eigenvalue weighted by atomic mass is 10.1. The largest absolute Gasteiger partial charge is 0.491 e. The van der Waals surface area contributed by atoms with E-state index in [2.05, 4.69) is 5.32 Å². The van der Waals surface area contributed by atoms with Crippen molar-refractivity contribution in [2.75, 3.05) is 17.7 Å². The third-order valence-electron chi connectivity index (χ3n) is 2.91. The molecule has 22 heavy (non-hydrogen) atoms. The lowest BCUT2D eigenvalue weighted by Gasteiger charge is -2.10. The van der Waals surface area contributed by atoms with E-state index in [0.29, 0.717) is 23.6 Å². The van der Waals surface area contributed by atoms with Gasteiger partial charge in [0, 0.05) is 9.13 Å². The summed E-state index contributed by atoms with van der Waals surface area (Å²) < 4.78 is 20.0. The quantitative estimate of drug-likeness (QED) is 0.573. The molecule has 0 bridgehead atoms. The Labute approximate surface area is 142 Å². The lowest BCUT2D eigenvalue weighted by Crippen LogP contribution is -2.13. The molecule has 0 spiro atoms. The van der Waals surface area contributed by atoms with Crippen LogP contribution >= 0.6 is 22.6 Å². The molecule has 0 aliphatic carbocycles. The first-order chi connectivity index (χ1) is 10.5. The minimum Gasteiger partial charge on any atom is -0.491 e. The van der Waals surface area contributed by atoms with Gasteiger partial charge in [0.05, 0.1) is 18.0 Å². The van der Waals surface area contributed by atoms with Gasteiger partial charge in [0.1, 0.15) is 11.6 Å². The summed E-state index contributed by atoms with van der Waals surface area (Å²) in [5.74, 6) is -0.358. The Bertz CT molecular complexity index is 692. The van der Waals surface area contributed by atoms with Gasteiger partial charge in [-0.15, -0.1) is 0 Å². The van der Waals surface area contributed by atoms with Crippen molar-refractivity contribution in [3.05, 3.63) is 51.3 Å². The number of carbonyl (C=O) groups is 1. The molecule has 0 saturated heterocycles. The van der Waals surface area contributed by atoms with Gasteiger partial charge in [0.25, 0.3) is 5.91 Å². The van der Waals surface area contributed by atoms with Crippen LogP contribution in [0.5, 0.6) is 5.75 Å². The maximum absolute atomic E-state index is 13.7. The van der Waals surface area contributed by atoms with E-state index in [9.17, 15) is 9.18 Å². The number of hydrogen-bond acceptors (Lipinski definition) is 3. The molecule has 0 fully saturated rings. The van der Waals surface area contributed by atoms with Crippen LogP contribution in [0.1, 0.15) is 23.7 Å². The fourth-order valence-corrected chi connectivity index (χ4v) is 2.27. The summed E-state index contributed by atoms with van der Waals surface area (Å²) >= 11 is 2.00. The number of benzene rings is 2. The van der Waals surface area contributed by atoms with Gasteiger partial charge >= 0.3 is 0 Å². The molecular formula is C16H16FIN2O2. The molecule has 0 atom stereocenters. The van der Waals surface area contributed by atoms with Crippen LogP contribution < -0.4 is 15.8 Å². The van der Waals surface area contributed by atoms with Crippen LogP contribution in [0.4, 0.5) is 15.8 Å². The van der Waals surface area contributed by atoms with Crippen LogP contribution in [0, 0.1) is 9.39 Å². The average molecular weight is 414 g/mol. The molecule has 2 rings (SSSR count). The molecule has 0 aliphatic rings. The number of nitrogens with one attached hydrogen (secondary N) is 1. The van der Waals surface area contributed by atoms with Crippen molar-refractivity contribution >= 4 is 39.9 Å². The Kier molecular flexibility index (Phi) is 5.59. The van der Waals surface area contributed by atoms with Gasteiger partial charge in [-0.05, 0) is 65.4 Å². The van der Waals surface area contributed by atoms with Crippen LogP contribution in [-0.4, -0.2) is 12.5 Å². The normalized spacial score (nSPS) is 10.3.